The van der Waals surface area contributed by atoms with Crippen LogP contribution in [0.5, 0.6) is 0 Å². The van der Waals surface area contributed by atoms with Crippen LogP contribution in [0.3, 0.4) is 0 Å². The molecule has 0 aliphatic heterocycles. The Morgan fingerprint density at radius 1 is 1.22 bits per heavy atom. The molecule has 0 unspecified atom stereocenters. The van der Waals surface area contributed by atoms with Crippen LogP contribution in [0.4, 0.5) is 10.2 Å². The van der Waals surface area contributed by atoms with Crippen LogP contribution in [0, 0.1) is 5.82 Å². The molecule has 0 atom stereocenters. The Hall–Kier alpha value is -1.32. The van der Waals surface area contributed by atoms with Crippen molar-refractivity contribution in [1.82, 2.24) is 4.98 Å². The maximum absolute atomic E-state index is 13.2. The van der Waals surface area contributed by atoms with Crippen molar-refractivity contribution in [2.24, 2.45) is 0 Å². The fraction of sp³-hybridized carbons (Fsp3) is 0.154. The van der Waals surface area contributed by atoms with E-state index in [1.54, 1.807) is 18.2 Å². The Kier molecular flexibility index (Phi) is 4.04. The number of rotatable bonds is 3. The predicted molar refractivity (Wildman–Crippen MR) is 73.8 cm³/mol. The van der Waals surface area contributed by atoms with Crippen molar-refractivity contribution in [3.05, 3.63) is 46.2 Å². The van der Waals surface area contributed by atoms with Crippen molar-refractivity contribution >= 4 is 29.0 Å². The van der Waals surface area contributed by atoms with Crippen LogP contribution in [0.1, 0.15) is 6.92 Å². The van der Waals surface area contributed by atoms with E-state index in [1.165, 1.54) is 12.1 Å². The van der Waals surface area contributed by atoms with E-state index < -0.39 is 0 Å². The van der Waals surface area contributed by atoms with Gasteiger partial charge in [-0.15, -0.1) is 0 Å². The van der Waals surface area contributed by atoms with E-state index in [0.29, 0.717) is 33.7 Å². The average molecular weight is 285 g/mol. The van der Waals surface area contributed by atoms with E-state index in [0.717, 1.165) is 0 Å². The van der Waals surface area contributed by atoms with Crippen LogP contribution in [0.15, 0.2) is 30.3 Å². The van der Waals surface area contributed by atoms with E-state index in [-0.39, 0.29) is 5.82 Å². The van der Waals surface area contributed by atoms with Crippen LogP contribution < -0.4 is 5.32 Å². The van der Waals surface area contributed by atoms with Gasteiger partial charge in [-0.3, -0.25) is 0 Å². The number of nitrogens with one attached hydrogen (secondary N) is 1. The topological polar surface area (TPSA) is 24.9 Å². The highest BCUT2D eigenvalue weighted by Gasteiger charge is 2.11. The van der Waals surface area contributed by atoms with Gasteiger partial charge < -0.3 is 5.32 Å². The zero-order chi connectivity index (χ0) is 13.1. The molecule has 18 heavy (non-hydrogen) atoms. The first-order valence-corrected chi connectivity index (χ1v) is 6.23. The molecular weight excluding hydrogens is 274 g/mol. The van der Waals surface area contributed by atoms with Gasteiger partial charge in [-0.25, -0.2) is 9.37 Å². The Morgan fingerprint density at radius 2 is 2.00 bits per heavy atom. The Labute approximate surface area is 115 Å². The van der Waals surface area contributed by atoms with Crippen molar-refractivity contribution in [3.63, 3.8) is 0 Å². The largest absolute Gasteiger partial charge is 0.369 e. The van der Waals surface area contributed by atoms with Crippen LogP contribution in [-0.2, 0) is 0 Å². The second-order valence-electron chi connectivity index (χ2n) is 3.69. The summed E-state index contributed by atoms with van der Waals surface area (Å²) in [4.78, 5) is 4.33. The highest BCUT2D eigenvalue weighted by Crippen LogP contribution is 2.32. The molecule has 0 bridgehead atoms. The minimum Gasteiger partial charge on any atom is -0.369 e. The van der Waals surface area contributed by atoms with Crippen LogP contribution >= 0.6 is 23.2 Å². The Bertz CT molecular complexity index is 573. The average Bonchev–Trinajstić information content (AvgIpc) is 2.33. The molecule has 1 N–H and O–H groups in total. The zero-order valence-electron chi connectivity index (χ0n) is 9.67. The summed E-state index contributed by atoms with van der Waals surface area (Å²) in [7, 11) is 0. The van der Waals surface area contributed by atoms with Crippen molar-refractivity contribution in [1.29, 1.82) is 0 Å². The molecule has 5 heteroatoms. The van der Waals surface area contributed by atoms with Crippen LogP contribution in [0.2, 0.25) is 10.0 Å². The molecule has 2 aromatic rings. The number of halogens is 3. The monoisotopic (exact) mass is 284 g/mol. The zero-order valence-corrected chi connectivity index (χ0v) is 11.2. The molecular formula is C13H11Cl2FN2. The third-order valence-electron chi connectivity index (χ3n) is 2.37. The smallest absolute Gasteiger partial charge is 0.145 e. The van der Waals surface area contributed by atoms with Gasteiger partial charge in [0.05, 0.1) is 15.7 Å². The number of aromatic nitrogens is 1. The standard InChI is InChI=1S/C13H11Cl2FN2/c1-2-17-13-11(15)7-10(14)12(18-13)8-4-3-5-9(16)6-8/h3-7H,2H2,1H3,(H,17,18). The first kappa shape index (κ1) is 13.1. The molecule has 2 rings (SSSR count). The molecule has 0 radical (unpaired) electrons. The molecule has 0 aliphatic rings. The normalized spacial score (nSPS) is 10.4. The molecule has 0 fully saturated rings. The SMILES string of the molecule is CCNc1nc(-c2cccc(F)c2)c(Cl)cc1Cl. The van der Waals surface area contributed by atoms with Gasteiger partial charge >= 0.3 is 0 Å². The van der Waals surface area contributed by atoms with Gasteiger partial charge in [0.15, 0.2) is 0 Å². The molecule has 0 saturated heterocycles. The first-order valence-electron chi connectivity index (χ1n) is 5.47. The van der Waals surface area contributed by atoms with E-state index >= 15 is 0 Å². The Balaban J connectivity index is 2.53. The molecule has 94 valence electrons. The van der Waals surface area contributed by atoms with Crippen molar-refractivity contribution in [2.75, 3.05) is 11.9 Å². The third-order valence-corrected chi connectivity index (χ3v) is 2.95. The summed E-state index contributed by atoms with van der Waals surface area (Å²) in [5.74, 6) is 0.216. The molecule has 0 spiro atoms. The number of benzene rings is 1. The number of nitrogens with zero attached hydrogens (tertiary/aromatic N) is 1. The van der Waals surface area contributed by atoms with Crippen LogP contribution in [0.25, 0.3) is 11.3 Å². The molecule has 0 saturated carbocycles. The van der Waals surface area contributed by atoms with Crippen molar-refractivity contribution in [2.45, 2.75) is 6.92 Å². The minimum absolute atomic E-state index is 0.328. The molecule has 0 amide bonds. The fourth-order valence-electron chi connectivity index (χ4n) is 1.60. The second kappa shape index (κ2) is 5.55. The highest BCUT2D eigenvalue weighted by molar-refractivity contribution is 6.37. The summed E-state index contributed by atoms with van der Waals surface area (Å²) in [5, 5.41) is 3.87. The number of anilines is 1. The van der Waals surface area contributed by atoms with Gasteiger partial charge in [0, 0.05) is 12.1 Å². The minimum atomic E-state index is -0.328. The summed E-state index contributed by atoms with van der Waals surface area (Å²) in [6.45, 7) is 2.63. The summed E-state index contributed by atoms with van der Waals surface area (Å²) in [6, 6.07) is 7.73. The number of hydrogen-bond acceptors (Lipinski definition) is 2. The van der Waals surface area contributed by atoms with E-state index in [2.05, 4.69) is 10.3 Å². The van der Waals surface area contributed by atoms with Crippen molar-refractivity contribution in [3.8, 4) is 11.3 Å². The van der Waals surface area contributed by atoms with Gasteiger partial charge in [0.1, 0.15) is 11.6 Å². The van der Waals surface area contributed by atoms with E-state index in [4.69, 9.17) is 23.2 Å². The van der Waals surface area contributed by atoms with Crippen molar-refractivity contribution < 1.29 is 4.39 Å². The van der Waals surface area contributed by atoms with Crippen LogP contribution in [-0.4, -0.2) is 11.5 Å². The molecule has 1 aromatic carbocycles. The van der Waals surface area contributed by atoms with E-state index in [9.17, 15) is 4.39 Å². The fourth-order valence-corrected chi connectivity index (χ4v) is 2.13. The lowest BCUT2D eigenvalue weighted by Crippen LogP contribution is -2.01. The number of hydrogen-bond donors (Lipinski definition) is 1. The molecule has 0 aliphatic carbocycles. The van der Waals surface area contributed by atoms with Gasteiger partial charge in [-0.1, -0.05) is 35.3 Å². The maximum Gasteiger partial charge on any atom is 0.145 e. The predicted octanol–water partition coefficient (Wildman–Crippen LogP) is 4.63. The van der Waals surface area contributed by atoms with Gasteiger partial charge in [0.2, 0.25) is 0 Å². The molecule has 1 heterocycles. The van der Waals surface area contributed by atoms with E-state index in [1.807, 2.05) is 6.92 Å². The molecule has 1 aromatic heterocycles. The quantitative estimate of drug-likeness (QED) is 0.889. The van der Waals surface area contributed by atoms with Gasteiger partial charge in [-0.05, 0) is 25.1 Å². The first-order chi connectivity index (χ1) is 8.61. The summed E-state index contributed by atoms with van der Waals surface area (Å²) < 4.78 is 13.2. The lowest BCUT2D eigenvalue weighted by molar-refractivity contribution is 0.628. The Morgan fingerprint density at radius 3 is 2.67 bits per heavy atom. The molecule has 2 nitrogen and oxygen atoms in total. The highest BCUT2D eigenvalue weighted by atomic mass is 35.5. The summed E-state index contributed by atoms with van der Waals surface area (Å²) in [6.07, 6.45) is 0. The van der Waals surface area contributed by atoms with Gasteiger partial charge in [0.25, 0.3) is 0 Å². The summed E-state index contributed by atoms with van der Waals surface area (Å²) in [5.41, 5.74) is 1.13. The lowest BCUT2D eigenvalue weighted by Gasteiger charge is -2.10. The third kappa shape index (κ3) is 2.74. The maximum atomic E-state index is 13.2. The van der Waals surface area contributed by atoms with Gasteiger partial charge in [-0.2, -0.15) is 0 Å². The second-order valence-corrected chi connectivity index (χ2v) is 4.50. The lowest BCUT2D eigenvalue weighted by atomic mass is 10.1. The summed E-state index contributed by atoms with van der Waals surface area (Å²) >= 11 is 12.1. The number of pyridine rings is 1.